The Kier molecular flexibility index (Phi) is 14.0. The quantitative estimate of drug-likeness (QED) is 0.0612. The third kappa shape index (κ3) is 11.7. The summed E-state index contributed by atoms with van der Waals surface area (Å²) in [5.74, 6) is 3.50. The number of oxime groups is 1. The Balaban J connectivity index is 0.000000304. The number of carbonyl (C=O) groups is 2. The Morgan fingerprint density at radius 2 is 1.73 bits per heavy atom. The minimum Gasteiger partial charge on any atom is -0.456 e. The second-order valence-corrected chi connectivity index (χ2v) is 14.5. The molecule has 3 aromatic rings. The molecule has 51 heavy (non-hydrogen) atoms. The lowest BCUT2D eigenvalue weighted by molar-refractivity contribution is -0.147. The van der Waals surface area contributed by atoms with E-state index in [0.29, 0.717) is 17.2 Å². The number of rotatable bonds is 12. The van der Waals surface area contributed by atoms with E-state index in [1.807, 2.05) is 97.1 Å². The minimum absolute atomic E-state index is 0.0319. The van der Waals surface area contributed by atoms with Crippen molar-refractivity contribution in [3.63, 3.8) is 0 Å². The van der Waals surface area contributed by atoms with E-state index in [-0.39, 0.29) is 35.8 Å². The highest BCUT2D eigenvalue weighted by Gasteiger charge is 2.61. The van der Waals surface area contributed by atoms with Crippen molar-refractivity contribution < 1.29 is 28.6 Å². The first-order valence-electron chi connectivity index (χ1n) is 17.2. The number of allylic oxidation sites excluding steroid dienone is 3. The minimum atomic E-state index is -0.536. The van der Waals surface area contributed by atoms with E-state index >= 15 is 0 Å². The highest BCUT2D eigenvalue weighted by molar-refractivity contribution is 5.89. The molecule has 0 aliphatic heterocycles. The summed E-state index contributed by atoms with van der Waals surface area (Å²) in [5, 5.41) is 8.47. The van der Waals surface area contributed by atoms with E-state index < -0.39 is 11.7 Å². The van der Waals surface area contributed by atoms with Crippen LogP contribution in [0.5, 0.6) is 11.6 Å². The molecular weight excluding hydrogens is 642 g/mol. The second-order valence-electron chi connectivity index (χ2n) is 14.5. The highest BCUT2D eigenvalue weighted by atomic mass is 16.6. The van der Waals surface area contributed by atoms with Gasteiger partial charge in [-0.2, -0.15) is 5.10 Å². The van der Waals surface area contributed by atoms with Crippen LogP contribution in [0.25, 0.3) is 0 Å². The average Bonchev–Trinajstić information content (AvgIpc) is 3.48. The fourth-order valence-electron chi connectivity index (χ4n) is 5.47. The van der Waals surface area contributed by atoms with Crippen LogP contribution < -0.4 is 4.74 Å². The van der Waals surface area contributed by atoms with Gasteiger partial charge in [-0.1, -0.05) is 79.9 Å². The van der Waals surface area contributed by atoms with Crippen molar-refractivity contribution in [2.24, 2.45) is 29.5 Å². The lowest BCUT2D eigenvalue weighted by atomic mass is 10.1. The maximum atomic E-state index is 12.3. The summed E-state index contributed by atoms with van der Waals surface area (Å²) in [6.45, 7) is 19.9. The number of carbonyl (C=O) groups excluding carboxylic acids is 2. The third-order valence-electron chi connectivity index (χ3n) is 8.25. The number of hydrogen-bond acceptors (Lipinski definition) is 8. The molecule has 1 aliphatic carbocycles. The van der Waals surface area contributed by atoms with E-state index in [1.165, 1.54) is 5.57 Å². The fourth-order valence-corrected chi connectivity index (χ4v) is 5.47. The van der Waals surface area contributed by atoms with Crippen molar-refractivity contribution in [1.29, 1.82) is 0 Å². The molecule has 0 bridgehead atoms. The number of ether oxygens (including phenoxy) is 3. The highest BCUT2D eigenvalue weighted by Crippen LogP contribution is 2.60. The molecule has 0 N–H and O–H groups in total. The Labute approximate surface area is 303 Å². The van der Waals surface area contributed by atoms with Gasteiger partial charge in [-0.15, -0.1) is 6.42 Å². The number of esters is 2. The summed E-state index contributed by atoms with van der Waals surface area (Å²) < 4.78 is 18.5. The number of aromatic nitrogens is 2. The van der Waals surface area contributed by atoms with Crippen LogP contribution in [-0.4, -0.2) is 39.6 Å². The normalized spacial score (nSPS) is 16.9. The van der Waals surface area contributed by atoms with Gasteiger partial charge in [-0.25, -0.2) is 9.48 Å². The van der Waals surface area contributed by atoms with Crippen LogP contribution in [0.3, 0.4) is 0 Å². The molecule has 9 nitrogen and oxygen atoms in total. The second kappa shape index (κ2) is 17.7. The summed E-state index contributed by atoms with van der Waals surface area (Å²) in [4.78, 5) is 29.8. The fraction of sp³-hybridized carbons (Fsp3) is 0.429. The standard InChI is InChI=1S/C24H27N3O4.C18H26O2/c1-17-21(22(27(5)26-17)30-20-9-7-6-8-10-20)15-25-29-16-18-11-13-19(14-12-18)23(28)31-24(2,3)4;1-8-10-13(5)15(9-2)20-17(19)16-14(11-12(3)4)18(16,6)7/h6-15H,16H2,1-5H3;2,10-11,14-16H,8H2,1,3-7H3/b25-15+;13-10+/t;14?,15?,16-/m.0/s1. The van der Waals surface area contributed by atoms with Crippen molar-refractivity contribution >= 4 is 18.2 Å². The van der Waals surface area contributed by atoms with Crippen LogP contribution in [0.1, 0.15) is 95.9 Å². The summed E-state index contributed by atoms with van der Waals surface area (Å²) in [6, 6.07) is 16.6. The van der Waals surface area contributed by atoms with Crippen molar-refractivity contribution in [2.45, 2.75) is 94.0 Å². The molecule has 0 saturated heterocycles. The van der Waals surface area contributed by atoms with Gasteiger partial charge in [0.05, 0.1) is 29.0 Å². The molecule has 0 amide bonds. The zero-order valence-electron chi connectivity index (χ0n) is 31.9. The molecule has 2 unspecified atom stereocenters. The molecular formula is C42H53N3O6. The zero-order valence-corrected chi connectivity index (χ0v) is 31.9. The smallest absolute Gasteiger partial charge is 0.338 e. The van der Waals surface area contributed by atoms with E-state index in [9.17, 15) is 9.59 Å². The molecule has 4 rings (SSSR count). The number of benzene rings is 2. The van der Waals surface area contributed by atoms with Crippen LogP contribution >= 0.6 is 0 Å². The van der Waals surface area contributed by atoms with Crippen LogP contribution in [0.4, 0.5) is 0 Å². The van der Waals surface area contributed by atoms with Crippen molar-refractivity contribution in [3.05, 3.63) is 100 Å². The average molecular weight is 696 g/mol. The summed E-state index contributed by atoms with van der Waals surface area (Å²) in [6.07, 6.45) is 11.6. The van der Waals surface area contributed by atoms with Gasteiger partial charge in [0.2, 0.25) is 5.88 Å². The molecule has 1 aliphatic rings. The van der Waals surface area contributed by atoms with Gasteiger partial charge >= 0.3 is 11.9 Å². The Morgan fingerprint density at radius 3 is 2.29 bits per heavy atom. The Hall–Kier alpha value is -5.10. The zero-order chi connectivity index (χ0) is 37.9. The predicted molar refractivity (Wildman–Crippen MR) is 201 cm³/mol. The summed E-state index contributed by atoms with van der Waals surface area (Å²) in [5.41, 5.74) is 4.50. The molecule has 272 valence electrons. The number of terminal acetylenes is 1. The van der Waals surface area contributed by atoms with Gasteiger partial charge in [0.15, 0.2) is 6.10 Å². The lowest BCUT2D eigenvalue weighted by Crippen LogP contribution is -2.23. The van der Waals surface area contributed by atoms with Crippen molar-refractivity contribution in [3.8, 4) is 24.0 Å². The van der Waals surface area contributed by atoms with E-state index in [2.05, 4.69) is 49.9 Å². The largest absolute Gasteiger partial charge is 0.456 e. The lowest BCUT2D eigenvalue weighted by Gasteiger charge is -2.19. The van der Waals surface area contributed by atoms with E-state index in [4.69, 9.17) is 25.5 Å². The van der Waals surface area contributed by atoms with Crippen LogP contribution in [0, 0.1) is 36.5 Å². The van der Waals surface area contributed by atoms with E-state index in [0.717, 1.165) is 28.8 Å². The molecule has 1 heterocycles. The number of hydrogen-bond donors (Lipinski definition) is 0. The first-order chi connectivity index (χ1) is 24.0. The monoisotopic (exact) mass is 695 g/mol. The maximum Gasteiger partial charge on any atom is 0.338 e. The number of aryl methyl sites for hydroxylation is 2. The van der Waals surface area contributed by atoms with Crippen molar-refractivity contribution in [2.75, 3.05) is 0 Å². The van der Waals surface area contributed by atoms with Crippen molar-refractivity contribution in [1.82, 2.24) is 9.78 Å². The first-order valence-corrected chi connectivity index (χ1v) is 17.2. The van der Waals surface area contributed by atoms with Gasteiger partial charge in [0.25, 0.3) is 0 Å². The van der Waals surface area contributed by atoms with Gasteiger partial charge in [-0.3, -0.25) is 4.79 Å². The molecule has 1 fully saturated rings. The van der Waals surface area contributed by atoms with Crippen LogP contribution in [0.15, 0.2) is 83.1 Å². The molecule has 9 heteroatoms. The van der Waals surface area contributed by atoms with E-state index in [1.54, 1.807) is 23.0 Å². The summed E-state index contributed by atoms with van der Waals surface area (Å²) >= 11 is 0. The molecule has 1 saturated carbocycles. The Bertz CT molecular complexity index is 1770. The van der Waals surface area contributed by atoms with Crippen LogP contribution in [0.2, 0.25) is 0 Å². The first kappa shape index (κ1) is 40.3. The van der Waals surface area contributed by atoms with Crippen LogP contribution in [-0.2, 0) is 32.8 Å². The number of para-hydroxylation sites is 1. The molecule has 3 atom stereocenters. The molecule has 0 radical (unpaired) electrons. The number of nitrogens with zero attached hydrogens (tertiary/aromatic N) is 3. The van der Waals surface area contributed by atoms with Gasteiger partial charge in [-0.05, 0) is 102 Å². The maximum absolute atomic E-state index is 12.3. The van der Waals surface area contributed by atoms with Gasteiger partial charge in [0, 0.05) is 7.05 Å². The SMILES string of the molecule is C#CC(OC(=O)[C@@H]1C(C=C(C)C)C1(C)C)/C(C)=C/CC.Cc1nn(C)c(Oc2ccccc2)c1/C=N/OCc1ccc(C(=O)OC(C)(C)C)cc1. The van der Waals surface area contributed by atoms with Gasteiger partial charge in [0.1, 0.15) is 18.0 Å². The third-order valence-corrected chi connectivity index (χ3v) is 8.25. The topological polar surface area (TPSA) is 101 Å². The molecule has 0 spiro atoms. The molecule has 1 aromatic heterocycles. The predicted octanol–water partition coefficient (Wildman–Crippen LogP) is 9.15. The molecule has 2 aromatic carbocycles. The summed E-state index contributed by atoms with van der Waals surface area (Å²) in [7, 11) is 1.82. The van der Waals surface area contributed by atoms with Gasteiger partial charge < -0.3 is 19.0 Å². The Morgan fingerprint density at radius 1 is 1.08 bits per heavy atom.